The van der Waals surface area contributed by atoms with Gasteiger partial charge in [-0.2, -0.15) is 0 Å². The van der Waals surface area contributed by atoms with E-state index in [0.717, 1.165) is 5.02 Å². The summed E-state index contributed by atoms with van der Waals surface area (Å²) < 4.78 is 0. The lowest BCUT2D eigenvalue weighted by atomic mass is 9.99. The monoisotopic (exact) mass is 230 g/mol. The molecule has 0 N–H and O–H groups in total. The average Bonchev–Trinajstić information content (AvgIpc) is 2.30. The van der Waals surface area contributed by atoms with Crippen molar-refractivity contribution in [1.82, 2.24) is 0 Å². The summed E-state index contributed by atoms with van der Waals surface area (Å²) >= 11 is 5.87. The lowest BCUT2D eigenvalue weighted by Gasteiger charge is -2.07. The predicted octanol–water partition coefficient (Wildman–Crippen LogP) is 5.13. The van der Waals surface area contributed by atoms with Crippen molar-refractivity contribution >= 4 is 11.6 Å². The van der Waals surface area contributed by atoms with Gasteiger partial charge in [-0.25, -0.2) is 0 Å². The van der Waals surface area contributed by atoms with Crippen molar-refractivity contribution in [2.45, 2.75) is 19.8 Å². The standard InChI is InChI=1S/C15H15Cl/c1-11(2)12-3-5-13(6-4-12)14-7-9-15(16)10-8-14/h3-11H,1-2H3. The second kappa shape index (κ2) is 4.71. The van der Waals surface area contributed by atoms with Gasteiger partial charge in [0.25, 0.3) is 0 Å². The molecule has 0 spiro atoms. The molecule has 0 aliphatic heterocycles. The summed E-state index contributed by atoms with van der Waals surface area (Å²) in [6, 6.07) is 16.7. The summed E-state index contributed by atoms with van der Waals surface area (Å²) in [6.07, 6.45) is 0. The first-order chi connectivity index (χ1) is 7.66. The summed E-state index contributed by atoms with van der Waals surface area (Å²) in [5, 5.41) is 0.780. The molecule has 0 radical (unpaired) electrons. The number of rotatable bonds is 2. The van der Waals surface area contributed by atoms with Gasteiger partial charge >= 0.3 is 0 Å². The van der Waals surface area contributed by atoms with Crippen molar-refractivity contribution < 1.29 is 0 Å². The highest BCUT2D eigenvalue weighted by atomic mass is 35.5. The number of hydrogen-bond donors (Lipinski definition) is 0. The minimum atomic E-state index is 0.583. The highest BCUT2D eigenvalue weighted by Crippen LogP contribution is 2.23. The van der Waals surface area contributed by atoms with Crippen molar-refractivity contribution in [3.8, 4) is 11.1 Å². The molecule has 16 heavy (non-hydrogen) atoms. The molecule has 0 amide bonds. The minimum absolute atomic E-state index is 0.583. The van der Waals surface area contributed by atoms with E-state index >= 15 is 0 Å². The smallest absolute Gasteiger partial charge is 0.0406 e. The molecule has 0 bridgehead atoms. The molecule has 0 nitrogen and oxygen atoms in total. The van der Waals surface area contributed by atoms with Crippen molar-refractivity contribution in [2.24, 2.45) is 0 Å². The van der Waals surface area contributed by atoms with Crippen LogP contribution in [0, 0.1) is 0 Å². The van der Waals surface area contributed by atoms with Gasteiger partial charge < -0.3 is 0 Å². The van der Waals surface area contributed by atoms with Crippen LogP contribution >= 0.6 is 11.6 Å². The molecule has 0 saturated carbocycles. The fourth-order valence-electron chi connectivity index (χ4n) is 1.70. The second-order valence-electron chi connectivity index (χ2n) is 4.28. The molecule has 0 aromatic heterocycles. The van der Waals surface area contributed by atoms with E-state index in [2.05, 4.69) is 38.1 Å². The molecule has 0 aliphatic carbocycles. The molecule has 0 saturated heterocycles. The summed E-state index contributed by atoms with van der Waals surface area (Å²) in [5.74, 6) is 0.583. The quantitative estimate of drug-likeness (QED) is 0.671. The molecule has 2 aromatic carbocycles. The maximum absolute atomic E-state index is 5.87. The molecule has 1 heteroatoms. The zero-order chi connectivity index (χ0) is 11.5. The van der Waals surface area contributed by atoms with Crippen LogP contribution in [-0.4, -0.2) is 0 Å². The molecular weight excluding hydrogens is 216 g/mol. The number of hydrogen-bond acceptors (Lipinski definition) is 0. The SMILES string of the molecule is CC(C)c1ccc(-c2ccc(Cl)cc2)cc1. The van der Waals surface area contributed by atoms with Crippen LogP contribution in [0.2, 0.25) is 5.02 Å². The van der Waals surface area contributed by atoms with Crippen LogP contribution in [0.5, 0.6) is 0 Å². The Morgan fingerprint density at radius 2 is 1.19 bits per heavy atom. The van der Waals surface area contributed by atoms with E-state index in [-0.39, 0.29) is 0 Å². The van der Waals surface area contributed by atoms with Gasteiger partial charge in [-0.15, -0.1) is 0 Å². The van der Waals surface area contributed by atoms with Gasteiger partial charge in [-0.1, -0.05) is 61.8 Å². The van der Waals surface area contributed by atoms with Crippen molar-refractivity contribution in [1.29, 1.82) is 0 Å². The summed E-state index contributed by atoms with van der Waals surface area (Å²) in [6.45, 7) is 4.41. The third kappa shape index (κ3) is 2.45. The summed E-state index contributed by atoms with van der Waals surface area (Å²) in [4.78, 5) is 0. The van der Waals surface area contributed by atoms with Gasteiger partial charge in [0.1, 0.15) is 0 Å². The fraction of sp³-hybridized carbons (Fsp3) is 0.200. The zero-order valence-electron chi connectivity index (χ0n) is 9.57. The minimum Gasteiger partial charge on any atom is -0.0843 e. The lowest BCUT2D eigenvalue weighted by molar-refractivity contribution is 0.867. The number of halogens is 1. The Morgan fingerprint density at radius 1 is 0.750 bits per heavy atom. The van der Waals surface area contributed by atoms with Crippen LogP contribution in [0.15, 0.2) is 48.5 Å². The largest absolute Gasteiger partial charge is 0.0843 e. The summed E-state index contributed by atoms with van der Waals surface area (Å²) in [5.41, 5.74) is 3.82. The third-order valence-corrected chi connectivity index (χ3v) is 3.01. The average molecular weight is 231 g/mol. The van der Waals surface area contributed by atoms with E-state index < -0.39 is 0 Å². The van der Waals surface area contributed by atoms with Gasteiger partial charge in [-0.05, 0) is 34.7 Å². The molecule has 0 atom stereocenters. The van der Waals surface area contributed by atoms with Crippen LogP contribution in [0.25, 0.3) is 11.1 Å². The molecule has 0 aliphatic rings. The van der Waals surface area contributed by atoms with Crippen LogP contribution < -0.4 is 0 Å². The molecule has 0 heterocycles. The van der Waals surface area contributed by atoms with Crippen molar-refractivity contribution in [3.63, 3.8) is 0 Å². The highest BCUT2D eigenvalue weighted by molar-refractivity contribution is 6.30. The van der Waals surface area contributed by atoms with Crippen molar-refractivity contribution in [3.05, 3.63) is 59.1 Å². The molecule has 2 rings (SSSR count). The second-order valence-corrected chi connectivity index (χ2v) is 4.72. The van der Waals surface area contributed by atoms with Crippen LogP contribution in [-0.2, 0) is 0 Å². The Hall–Kier alpha value is -1.27. The molecule has 82 valence electrons. The van der Waals surface area contributed by atoms with Gasteiger partial charge in [0, 0.05) is 5.02 Å². The Morgan fingerprint density at radius 3 is 1.62 bits per heavy atom. The van der Waals surface area contributed by atoms with E-state index in [1.54, 1.807) is 0 Å². The Kier molecular flexibility index (Phi) is 3.31. The maximum atomic E-state index is 5.87. The Bertz CT molecular complexity index is 452. The van der Waals surface area contributed by atoms with E-state index in [1.165, 1.54) is 16.7 Å². The predicted molar refractivity (Wildman–Crippen MR) is 71.0 cm³/mol. The van der Waals surface area contributed by atoms with Crippen LogP contribution in [0.3, 0.4) is 0 Å². The third-order valence-electron chi connectivity index (χ3n) is 2.75. The van der Waals surface area contributed by atoms with Gasteiger partial charge in [0.15, 0.2) is 0 Å². The highest BCUT2D eigenvalue weighted by Gasteiger charge is 2.00. The van der Waals surface area contributed by atoms with E-state index in [1.807, 2.05) is 24.3 Å². The Labute approximate surface area is 102 Å². The van der Waals surface area contributed by atoms with E-state index in [9.17, 15) is 0 Å². The first-order valence-corrected chi connectivity index (χ1v) is 5.90. The maximum Gasteiger partial charge on any atom is 0.0406 e. The first-order valence-electron chi connectivity index (χ1n) is 5.53. The van der Waals surface area contributed by atoms with Gasteiger partial charge in [0.05, 0.1) is 0 Å². The fourth-order valence-corrected chi connectivity index (χ4v) is 1.83. The first kappa shape index (κ1) is 11.2. The van der Waals surface area contributed by atoms with Crippen molar-refractivity contribution in [2.75, 3.05) is 0 Å². The molecule has 0 unspecified atom stereocenters. The van der Waals surface area contributed by atoms with Gasteiger partial charge in [-0.3, -0.25) is 0 Å². The normalized spacial score (nSPS) is 10.8. The van der Waals surface area contributed by atoms with Crippen LogP contribution in [0.4, 0.5) is 0 Å². The summed E-state index contributed by atoms with van der Waals surface area (Å²) in [7, 11) is 0. The molecule has 2 aromatic rings. The topological polar surface area (TPSA) is 0 Å². The van der Waals surface area contributed by atoms with Crippen LogP contribution in [0.1, 0.15) is 25.3 Å². The molecule has 0 fully saturated rings. The van der Waals surface area contributed by atoms with E-state index in [4.69, 9.17) is 11.6 Å². The zero-order valence-corrected chi connectivity index (χ0v) is 10.3. The Balaban J connectivity index is 2.31. The lowest BCUT2D eigenvalue weighted by Crippen LogP contribution is -1.86. The molecular formula is C15H15Cl. The van der Waals surface area contributed by atoms with Gasteiger partial charge in [0.2, 0.25) is 0 Å². The van der Waals surface area contributed by atoms with E-state index in [0.29, 0.717) is 5.92 Å². The number of benzene rings is 2.